The third kappa shape index (κ3) is 4.78. The van der Waals surface area contributed by atoms with Crippen molar-refractivity contribution in [1.29, 1.82) is 0 Å². The molecular weight excluding hydrogens is 246 g/mol. The first kappa shape index (κ1) is 15.3. The molecule has 1 atom stereocenters. The predicted molar refractivity (Wildman–Crippen MR) is 86.1 cm³/mol. The van der Waals surface area contributed by atoms with E-state index in [1.165, 1.54) is 31.4 Å². The van der Waals surface area contributed by atoms with Crippen LogP contribution in [0.5, 0.6) is 0 Å². The van der Waals surface area contributed by atoms with Crippen LogP contribution >= 0.6 is 0 Å². The summed E-state index contributed by atoms with van der Waals surface area (Å²) in [6.07, 6.45) is 8.87. The molecule has 1 aliphatic rings. The van der Waals surface area contributed by atoms with Crippen molar-refractivity contribution in [3.63, 3.8) is 0 Å². The summed E-state index contributed by atoms with van der Waals surface area (Å²) in [5.41, 5.74) is 1.31. The van der Waals surface area contributed by atoms with E-state index < -0.39 is 0 Å². The molecule has 3 nitrogen and oxygen atoms in total. The SMILES string of the molecule is CC(C)CCC(C)NC1CCN(c2ccncc2)CC1. The van der Waals surface area contributed by atoms with E-state index in [1.807, 2.05) is 12.4 Å². The maximum atomic E-state index is 4.09. The van der Waals surface area contributed by atoms with Crippen LogP contribution < -0.4 is 10.2 Å². The number of piperidine rings is 1. The number of anilines is 1. The minimum Gasteiger partial charge on any atom is -0.371 e. The second-order valence-corrected chi connectivity index (χ2v) is 6.51. The van der Waals surface area contributed by atoms with E-state index in [9.17, 15) is 0 Å². The van der Waals surface area contributed by atoms with Gasteiger partial charge >= 0.3 is 0 Å². The van der Waals surface area contributed by atoms with E-state index in [1.54, 1.807) is 0 Å². The minimum absolute atomic E-state index is 0.648. The Morgan fingerprint density at radius 2 is 1.80 bits per heavy atom. The summed E-state index contributed by atoms with van der Waals surface area (Å²) >= 11 is 0. The Labute approximate surface area is 123 Å². The topological polar surface area (TPSA) is 28.2 Å². The quantitative estimate of drug-likeness (QED) is 0.861. The van der Waals surface area contributed by atoms with Gasteiger partial charge in [-0.05, 0) is 50.7 Å². The molecule has 1 aromatic heterocycles. The van der Waals surface area contributed by atoms with E-state index in [-0.39, 0.29) is 0 Å². The largest absolute Gasteiger partial charge is 0.371 e. The molecule has 0 spiro atoms. The fraction of sp³-hybridized carbons (Fsp3) is 0.706. The standard InChI is InChI=1S/C17H29N3/c1-14(2)4-5-15(3)19-16-8-12-20(13-9-16)17-6-10-18-11-7-17/h6-7,10-11,14-16,19H,4-5,8-9,12-13H2,1-3H3. The number of hydrogen-bond acceptors (Lipinski definition) is 3. The molecule has 2 rings (SSSR count). The van der Waals surface area contributed by atoms with Gasteiger partial charge in [0.1, 0.15) is 0 Å². The van der Waals surface area contributed by atoms with E-state index in [0.29, 0.717) is 12.1 Å². The van der Waals surface area contributed by atoms with E-state index in [0.717, 1.165) is 19.0 Å². The molecule has 2 heterocycles. The molecule has 3 heteroatoms. The molecule has 112 valence electrons. The van der Waals surface area contributed by atoms with Crippen LogP contribution in [-0.4, -0.2) is 30.2 Å². The van der Waals surface area contributed by atoms with Crippen LogP contribution in [-0.2, 0) is 0 Å². The van der Waals surface area contributed by atoms with Gasteiger partial charge < -0.3 is 10.2 Å². The number of nitrogens with zero attached hydrogens (tertiary/aromatic N) is 2. The van der Waals surface area contributed by atoms with Gasteiger partial charge in [-0.3, -0.25) is 4.98 Å². The van der Waals surface area contributed by atoms with Crippen LogP contribution in [0.2, 0.25) is 0 Å². The van der Waals surface area contributed by atoms with Crippen molar-refractivity contribution in [3.05, 3.63) is 24.5 Å². The van der Waals surface area contributed by atoms with Crippen molar-refractivity contribution >= 4 is 5.69 Å². The van der Waals surface area contributed by atoms with Gasteiger partial charge in [-0.2, -0.15) is 0 Å². The molecule has 20 heavy (non-hydrogen) atoms. The zero-order valence-corrected chi connectivity index (χ0v) is 13.2. The zero-order chi connectivity index (χ0) is 14.4. The third-order valence-electron chi connectivity index (χ3n) is 4.22. The molecule has 1 aromatic rings. The summed E-state index contributed by atoms with van der Waals surface area (Å²) in [7, 11) is 0. The number of rotatable bonds is 6. The number of hydrogen-bond donors (Lipinski definition) is 1. The number of pyridine rings is 1. The van der Waals surface area contributed by atoms with Crippen LogP contribution in [0.4, 0.5) is 5.69 Å². The number of aromatic nitrogens is 1. The Morgan fingerprint density at radius 1 is 1.15 bits per heavy atom. The molecule has 0 aliphatic carbocycles. The summed E-state index contributed by atoms with van der Waals surface area (Å²) in [5.74, 6) is 0.813. The van der Waals surface area contributed by atoms with Crippen LogP contribution in [0.25, 0.3) is 0 Å². The Bertz CT molecular complexity index is 369. The van der Waals surface area contributed by atoms with E-state index in [2.05, 4.69) is 48.1 Å². The van der Waals surface area contributed by atoms with Crippen molar-refractivity contribution in [3.8, 4) is 0 Å². The minimum atomic E-state index is 0.648. The molecular formula is C17H29N3. The molecule has 0 saturated carbocycles. The molecule has 0 bridgehead atoms. The smallest absolute Gasteiger partial charge is 0.0397 e. The van der Waals surface area contributed by atoms with Crippen LogP contribution in [0, 0.1) is 5.92 Å². The van der Waals surface area contributed by atoms with Gasteiger partial charge in [-0.25, -0.2) is 0 Å². The molecule has 0 radical (unpaired) electrons. The van der Waals surface area contributed by atoms with Crippen molar-refractivity contribution in [2.24, 2.45) is 5.92 Å². The van der Waals surface area contributed by atoms with E-state index in [4.69, 9.17) is 0 Å². The lowest BCUT2D eigenvalue weighted by molar-refractivity contribution is 0.353. The monoisotopic (exact) mass is 275 g/mol. The first-order chi connectivity index (χ1) is 9.65. The lowest BCUT2D eigenvalue weighted by atomic mass is 10.0. The highest BCUT2D eigenvalue weighted by atomic mass is 15.1. The summed E-state index contributed by atoms with van der Waals surface area (Å²) in [6.45, 7) is 9.24. The van der Waals surface area contributed by atoms with Gasteiger partial charge in [0.05, 0.1) is 0 Å². The molecule has 0 aromatic carbocycles. The Morgan fingerprint density at radius 3 is 2.40 bits per heavy atom. The van der Waals surface area contributed by atoms with Gasteiger partial charge in [-0.1, -0.05) is 13.8 Å². The highest BCUT2D eigenvalue weighted by Crippen LogP contribution is 2.19. The van der Waals surface area contributed by atoms with Gasteiger partial charge in [-0.15, -0.1) is 0 Å². The van der Waals surface area contributed by atoms with Crippen LogP contribution in [0.3, 0.4) is 0 Å². The number of nitrogens with one attached hydrogen (secondary N) is 1. The summed E-state index contributed by atoms with van der Waals surface area (Å²) in [6, 6.07) is 5.56. The zero-order valence-electron chi connectivity index (χ0n) is 13.2. The second-order valence-electron chi connectivity index (χ2n) is 6.51. The van der Waals surface area contributed by atoms with E-state index >= 15 is 0 Å². The van der Waals surface area contributed by atoms with Crippen molar-refractivity contribution < 1.29 is 0 Å². The predicted octanol–water partition coefficient (Wildman–Crippen LogP) is 3.46. The average molecular weight is 275 g/mol. The van der Waals surface area contributed by atoms with Crippen LogP contribution in [0.15, 0.2) is 24.5 Å². The molecule has 0 amide bonds. The molecule has 1 fully saturated rings. The summed E-state index contributed by atoms with van der Waals surface area (Å²) < 4.78 is 0. The maximum absolute atomic E-state index is 4.09. The fourth-order valence-electron chi connectivity index (χ4n) is 2.93. The molecule has 1 unspecified atom stereocenters. The van der Waals surface area contributed by atoms with Gasteiger partial charge in [0.25, 0.3) is 0 Å². The Kier molecular flexibility index (Phi) is 5.84. The lowest BCUT2D eigenvalue weighted by Gasteiger charge is -2.35. The first-order valence-electron chi connectivity index (χ1n) is 8.06. The van der Waals surface area contributed by atoms with Crippen LogP contribution in [0.1, 0.15) is 46.5 Å². The van der Waals surface area contributed by atoms with Gasteiger partial charge in [0, 0.05) is 43.3 Å². The highest BCUT2D eigenvalue weighted by molar-refractivity contribution is 5.44. The maximum Gasteiger partial charge on any atom is 0.0397 e. The summed E-state index contributed by atoms with van der Waals surface area (Å²) in [4.78, 5) is 6.56. The average Bonchev–Trinajstić information content (AvgIpc) is 2.47. The molecule has 1 aliphatic heterocycles. The van der Waals surface area contributed by atoms with Crippen molar-refractivity contribution in [2.75, 3.05) is 18.0 Å². The molecule has 1 N–H and O–H groups in total. The second kappa shape index (κ2) is 7.63. The van der Waals surface area contributed by atoms with Crippen molar-refractivity contribution in [1.82, 2.24) is 10.3 Å². The molecule has 1 saturated heterocycles. The fourth-order valence-corrected chi connectivity index (χ4v) is 2.93. The lowest BCUT2D eigenvalue weighted by Crippen LogP contribution is -2.45. The normalized spacial score (nSPS) is 18.5. The Hall–Kier alpha value is -1.09. The highest BCUT2D eigenvalue weighted by Gasteiger charge is 2.20. The van der Waals surface area contributed by atoms with Gasteiger partial charge in [0.15, 0.2) is 0 Å². The Balaban J connectivity index is 1.71. The van der Waals surface area contributed by atoms with Crippen molar-refractivity contribution in [2.45, 2.75) is 58.5 Å². The summed E-state index contributed by atoms with van der Waals surface area (Å²) in [5, 5.41) is 3.81. The third-order valence-corrected chi connectivity index (χ3v) is 4.22. The first-order valence-corrected chi connectivity index (χ1v) is 8.06. The van der Waals surface area contributed by atoms with Gasteiger partial charge in [0.2, 0.25) is 0 Å².